The summed E-state index contributed by atoms with van der Waals surface area (Å²) in [4.78, 5) is 16.3. The Labute approximate surface area is 125 Å². The van der Waals surface area contributed by atoms with E-state index in [0.717, 1.165) is 17.8 Å². The monoisotopic (exact) mass is 284 g/mol. The van der Waals surface area contributed by atoms with Crippen molar-refractivity contribution in [2.75, 3.05) is 25.0 Å². The van der Waals surface area contributed by atoms with Gasteiger partial charge in [0.1, 0.15) is 0 Å². The van der Waals surface area contributed by atoms with Crippen molar-refractivity contribution in [3.63, 3.8) is 0 Å². The maximum Gasteiger partial charge on any atom is 0.225 e. The van der Waals surface area contributed by atoms with E-state index in [2.05, 4.69) is 26.9 Å². The Morgan fingerprint density at radius 3 is 3.05 bits per heavy atom. The fourth-order valence-electron chi connectivity index (χ4n) is 2.34. The van der Waals surface area contributed by atoms with Crippen LogP contribution in [0.4, 0.5) is 5.69 Å². The molecule has 1 aliphatic rings. The zero-order valence-electron chi connectivity index (χ0n) is 12.1. The van der Waals surface area contributed by atoms with Crippen LogP contribution in [0.3, 0.4) is 0 Å². The minimum absolute atomic E-state index is 0.0375. The number of terminal acetylenes is 1. The Morgan fingerprint density at radius 2 is 2.29 bits per heavy atom. The van der Waals surface area contributed by atoms with Gasteiger partial charge >= 0.3 is 0 Å². The Kier molecular flexibility index (Phi) is 5.22. The van der Waals surface area contributed by atoms with Gasteiger partial charge in [0.15, 0.2) is 5.96 Å². The fraction of sp³-hybridized carbons (Fsp3) is 0.375. The van der Waals surface area contributed by atoms with Crippen LogP contribution in [0.25, 0.3) is 0 Å². The van der Waals surface area contributed by atoms with Crippen molar-refractivity contribution in [1.29, 1.82) is 0 Å². The predicted octanol–water partition coefficient (Wildman–Crippen LogP) is 1.30. The van der Waals surface area contributed by atoms with Gasteiger partial charge in [-0.25, -0.2) is 0 Å². The SMILES string of the molecule is C#CCNC(=NCC1CC(=O)Nc2ccccc21)NCC. The van der Waals surface area contributed by atoms with Crippen LogP contribution in [0.1, 0.15) is 24.8 Å². The average Bonchev–Trinajstić information content (AvgIpc) is 2.49. The first kappa shape index (κ1) is 14.9. The molecule has 0 saturated carbocycles. The normalized spacial score (nSPS) is 17.4. The maximum atomic E-state index is 11.8. The summed E-state index contributed by atoms with van der Waals surface area (Å²) in [6.45, 7) is 3.73. The van der Waals surface area contributed by atoms with Crippen molar-refractivity contribution < 1.29 is 4.79 Å². The topological polar surface area (TPSA) is 65.5 Å². The standard InChI is InChI=1S/C16H20N4O/c1-3-9-18-16(17-4-2)19-11-12-10-15(21)20-14-8-6-5-7-13(12)14/h1,5-8,12H,4,9-11H2,2H3,(H,20,21)(H2,17,18,19). The summed E-state index contributed by atoms with van der Waals surface area (Å²) in [7, 11) is 0. The van der Waals surface area contributed by atoms with E-state index in [1.54, 1.807) is 0 Å². The molecule has 0 aromatic heterocycles. The van der Waals surface area contributed by atoms with Crippen LogP contribution in [0, 0.1) is 12.3 Å². The van der Waals surface area contributed by atoms with E-state index in [1.807, 2.05) is 31.2 Å². The van der Waals surface area contributed by atoms with E-state index >= 15 is 0 Å². The summed E-state index contributed by atoms with van der Waals surface area (Å²) in [5.74, 6) is 3.33. The Morgan fingerprint density at radius 1 is 1.48 bits per heavy atom. The average molecular weight is 284 g/mol. The Balaban J connectivity index is 2.11. The summed E-state index contributed by atoms with van der Waals surface area (Å²) in [5.41, 5.74) is 2.02. The molecule has 21 heavy (non-hydrogen) atoms. The number of carbonyl (C=O) groups excluding carboxylic acids is 1. The molecule has 5 heteroatoms. The van der Waals surface area contributed by atoms with Gasteiger partial charge in [-0.3, -0.25) is 9.79 Å². The third-order valence-corrected chi connectivity index (χ3v) is 3.28. The minimum Gasteiger partial charge on any atom is -0.357 e. The van der Waals surface area contributed by atoms with Crippen LogP contribution in [-0.4, -0.2) is 31.5 Å². The second-order valence-corrected chi connectivity index (χ2v) is 4.81. The third-order valence-electron chi connectivity index (χ3n) is 3.28. The highest BCUT2D eigenvalue weighted by molar-refractivity contribution is 5.94. The maximum absolute atomic E-state index is 11.8. The van der Waals surface area contributed by atoms with Crippen molar-refractivity contribution in [2.24, 2.45) is 4.99 Å². The molecule has 0 saturated heterocycles. The van der Waals surface area contributed by atoms with Crippen molar-refractivity contribution in [3.8, 4) is 12.3 Å². The van der Waals surface area contributed by atoms with Gasteiger partial charge in [0.25, 0.3) is 0 Å². The van der Waals surface area contributed by atoms with Gasteiger partial charge in [0, 0.05) is 24.6 Å². The lowest BCUT2D eigenvalue weighted by Crippen LogP contribution is -2.38. The number of guanidine groups is 1. The summed E-state index contributed by atoms with van der Waals surface area (Å²) >= 11 is 0. The van der Waals surface area contributed by atoms with Crippen LogP contribution in [-0.2, 0) is 4.79 Å². The van der Waals surface area contributed by atoms with E-state index in [9.17, 15) is 4.79 Å². The number of rotatable bonds is 4. The number of hydrogen-bond acceptors (Lipinski definition) is 2. The van der Waals surface area contributed by atoms with E-state index in [0.29, 0.717) is 25.5 Å². The zero-order valence-corrected chi connectivity index (χ0v) is 12.1. The predicted molar refractivity (Wildman–Crippen MR) is 85.2 cm³/mol. The molecule has 1 atom stereocenters. The summed E-state index contributed by atoms with van der Waals surface area (Å²) in [5, 5.41) is 9.07. The van der Waals surface area contributed by atoms with Crippen molar-refractivity contribution in [3.05, 3.63) is 29.8 Å². The molecule has 0 radical (unpaired) electrons. The van der Waals surface area contributed by atoms with Gasteiger partial charge in [-0.15, -0.1) is 6.42 Å². The number of nitrogens with zero attached hydrogens (tertiary/aromatic N) is 1. The molecule has 0 bridgehead atoms. The lowest BCUT2D eigenvalue weighted by Gasteiger charge is -2.24. The van der Waals surface area contributed by atoms with Gasteiger partial charge < -0.3 is 16.0 Å². The van der Waals surface area contributed by atoms with Crippen LogP contribution in [0.5, 0.6) is 0 Å². The minimum atomic E-state index is 0.0375. The number of hydrogen-bond donors (Lipinski definition) is 3. The first-order valence-electron chi connectivity index (χ1n) is 7.09. The molecular formula is C16H20N4O. The summed E-state index contributed by atoms with van der Waals surface area (Å²) in [6.07, 6.45) is 5.70. The van der Waals surface area contributed by atoms with Gasteiger partial charge in [0.05, 0.1) is 13.1 Å². The number of para-hydroxylation sites is 1. The molecule has 1 aliphatic heterocycles. The molecule has 0 aliphatic carbocycles. The molecule has 2 rings (SSSR count). The molecule has 0 fully saturated rings. The number of anilines is 1. The smallest absolute Gasteiger partial charge is 0.225 e. The summed E-state index contributed by atoms with van der Waals surface area (Å²) in [6, 6.07) is 7.86. The van der Waals surface area contributed by atoms with Crippen LogP contribution in [0.2, 0.25) is 0 Å². The van der Waals surface area contributed by atoms with Crippen LogP contribution in [0.15, 0.2) is 29.3 Å². The zero-order chi connectivity index (χ0) is 15.1. The highest BCUT2D eigenvalue weighted by Gasteiger charge is 2.24. The second-order valence-electron chi connectivity index (χ2n) is 4.81. The highest BCUT2D eigenvalue weighted by Crippen LogP contribution is 2.31. The molecule has 1 heterocycles. The van der Waals surface area contributed by atoms with E-state index in [-0.39, 0.29) is 11.8 Å². The largest absolute Gasteiger partial charge is 0.357 e. The van der Waals surface area contributed by atoms with Crippen molar-refractivity contribution in [1.82, 2.24) is 10.6 Å². The van der Waals surface area contributed by atoms with E-state index < -0.39 is 0 Å². The van der Waals surface area contributed by atoms with Gasteiger partial charge in [0.2, 0.25) is 5.91 Å². The van der Waals surface area contributed by atoms with Crippen molar-refractivity contribution >= 4 is 17.6 Å². The Hall–Kier alpha value is -2.48. The first-order valence-corrected chi connectivity index (χ1v) is 7.09. The molecule has 110 valence electrons. The van der Waals surface area contributed by atoms with Gasteiger partial charge in [-0.05, 0) is 18.6 Å². The number of aliphatic imine (C=N–C) groups is 1. The first-order chi connectivity index (χ1) is 10.2. The number of benzene rings is 1. The number of carbonyl (C=O) groups is 1. The molecule has 0 spiro atoms. The fourth-order valence-corrected chi connectivity index (χ4v) is 2.34. The van der Waals surface area contributed by atoms with E-state index in [1.165, 1.54) is 0 Å². The molecular weight excluding hydrogens is 264 g/mol. The number of fused-ring (bicyclic) bond motifs is 1. The lowest BCUT2D eigenvalue weighted by molar-refractivity contribution is -0.116. The molecule has 1 unspecified atom stereocenters. The van der Waals surface area contributed by atoms with Gasteiger partial charge in [-0.2, -0.15) is 0 Å². The quantitative estimate of drug-likeness (QED) is 0.443. The van der Waals surface area contributed by atoms with E-state index in [4.69, 9.17) is 6.42 Å². The Bertz CT molecular complexity index is 574. The molecule has 5 nitrogen and oxygen atoms in total. The van der Waals surface area contributed by atoms with Crippen molar-refractivity contribution in [2.45, 2.75) is 19.3 Å². The highest BCUT2D eigenvalue weighted by atomic mass is 16.1. The second kappa shape index (κ2) is 7.34. The number of nitrogens with one attached hydrogen (secondary N) is 3. The number of amides is 1. The molecule has 1 aromatic rings. The molecule has 1 aromatic carbocycles. The van der Waals surface area contributed by atoms with Gasteiger partial charge in [-0.1, -0.05) is 24.1 Å². The van der Waals surface area contributed by atoms with Crippen LogP contribution < -0.4 is 16.0 Å². The lowest BCUT2D eigenvalue weighted by atomic mass is 9.91. The molecule has 3 N–H and O–H groups in total. The molecule has 1 amide bonds. The summed E-state index contributed by atoms with van der Waals surface area (Å²) < 4.78 is 0. The third kappa shape index (κ3) is 3.99. The van der Waals surface area contributed by atoms with Crippen LogP contribution >= 0.6 is 0 Å².